The summed E-state index contributed by atoms with van der Waals surface area (Å²) in [5.74, 6) is -0.710. The lowest BCUT2D eigenvalue weighted by Gasteiger charge is -2.23. The van der Waals surface area contributed by atoms with E-state index in [1.54, 1.807) is 26.0 Å². The molecule has 0 aliphatic rings. The molecule has 0 fully saturated rings. The number of hydrogen-bond donors (Lipinski definition) is 2. The van der Waals surface area contributed by atoms with Gasteiger partial charge in [-0.1, -0.05) is 6.07 Å². The highest BCUT2D eigenvalue weighted by molar-refractivity contribution is 7.54. The first kappa shape index (κ1) is 16.0. The Labute approximate surface area is 113 Å². The van der Waals surface area contributed by atoms with Gasteiger partial charge in [-0.25, -0.2) is 0 Å². The lowest BCUT2D eigenvalue weighted by Crippen LogP contribution is -2.15. The first-order chi connectivity index (χ1) is 8.98. The van der Waals surface area contributed by atoms with Crippen LogP contribution in [0.25, 0.3) is 0 Å². The zero-order valence-electron chi connectivity index (χ0n) is 11.3. The van der Waals surface area contributed by atoms with Crippen LogP contribution >= 0.6 is 7.60 Å². The van der Waals surface area contributed by atoms with Crippen molar-refractivity contribution in [3.8, 4) is 11.5 Å². The van der Waals surface area contributed by atoms with Gasteiger partial charge in [-0.15, -0.1) is 0 Å². The second-order valence-corrected chi connectivity index (χ2v) is 5.90. The molecule has 0 amide bonds. The van der Waals surface area contributed by atoms with Crippen LogP contribution < -0.4 is 10.5 Å². The minimum atomic E-state index is -3.45. The molecule has 0 aliphatic carbocycles. The van der Waals surface area contributed by atoms with E-state index in [1.165, 1.54) is 13.2 Å². The molecule has 3 N–H and O–H groups in total. The van der Waals surface area contributed by atoms with E-state index >= 15 is 0 Å². The van der Waals surface area contributed by atoms with Crippen LogP contribution in [0.3, 0.4) is 0 Å². The van der Waals surface area contributed by atoms with E-state index in [4.69, 9.17) is 19.5 Å². The Balaban J connectivity index is 3.06. The Morgan fingerprint density at radius 3 is 2.32 bits per heavy atom. The molecule has 0 saturated carbocycles. The molecule has 0 aromatic heterocycles. The molecule has 7 heteroatoms. The van der Waals surface area contributed by atoms with Crippen LogP contribution in [0.4, 0.5) is 0 Å². The Hall–Kier alpha value is -1.07. The van der Waals surface area contributed by atoms with E-state index in [1.807, 2.05) is 0 Å². The van der Waals surface area contributed by atoms with Crippen molar-refractivity contribution < 1.29 is 23.5 Å². The van der Waals surface area contributed by atoms with Crippen molar-refractivity contribution in [2.75, 3.05) is 20.3 Å². The number of methoxy groups -OCH3 is 1. The summed E-state index contributed by atoms with van der Waals surface area (Å²) in [6.07, 6.45) is 0. The molecule has 6 nitrogen and oxygen atoms in total. The van der Waals surface area contributed by atoms with Gasteiger partial charge in [0.05, 0.1) is 20.3 Å². The first-order valence-electron chi connectivity index (χ1n) is 5.99. The van der Waals surface area contributed by atoms with Crippen molar-refractivity contribution in [2.24, 2.45) is 5.73 Å². The van der Waals surface area contributed by atoms with E-state index < -0.39 is 13.4 Å². The standard InChI is InChI=1S/C12H20NO5P/c1-4-17-19(15,18-5-2)12(13)9-6-7-11(16-3)10(14)8-9/h6-8,12,14H,4-5,13H2,1-3H3/t12-/m0/s1. The number of phenols is 1. The van der Waals surface area contributed by atoms with E-state index in [9.17, 15) is 9.67 Å². The topological polar surface area (TPSA) is 91.0 Å². The molecule has 108 valence electrons. The molecule has 0 radical (unpaired) electrons. The zero-order valence-corrected chi connectivity index (χ0v) is 12.2. The summed E-state index contributed by atoms with van der Waals surface area (Å²) in [5.41, 5.74) is 6.40. The van der Waals surface area contributed by atoms with Crippen LogP contribution in [0.1, 0.15) is 25.2 Å². The average molecular weight is 289 g/mol. The molecule has 1 aromatic carbocycles. The van der Waals surface area contributed by atoms with Gasteiger partial charge in [-0.3, -0.25) is 4.57 Å². The molecule has 0 aliphatic heterocycles. The monoisotopic (exact) mass is 289 g/mol. The maximum atomic E-state index is 12.5. The fourth-order valence-electron chi connectivity index (χ4n) is 1.63. The van der Waals surface area contributed by atoms with Crippen LogP contribution in [-0.4, -0.2) is 25.4 Å². The van der Waals surface area contributed by atoms with Gasteiger partial charge in [-0.05, 0) is 31.5 Å². The predicted octanol–water partition coefficient (Wildman–Crippen LogP) is 2.62. The van der Waals surface area contributed by atoms with Crippen LogP contribution in [-0.2, 0) is 13.6 Å². The molecule has 19 heavy (non-hydrogen) atoms. The van der Waals surface area contributed by atoms with E-state index in [2.05, 4.69) is 0 Å². The fraction of sp³-hybridized carbons (Fsp3) is 0.500. The highest BCUT2D eigenvalue weighted by Gasteiger charge is 2.34. The van der Waals surface area contributed by atoms with Gasteiger partial charge >= 0.3 is 7.60 Å². The van der Waals surface area contributed by atoms with Crippen molar-refractivity contribution in [1.82, 2.24) is 0 Å². The summed E-state index contributed by atoms with van der Waals surface area (Å²) in [6, 6.07) is 4.56. The number of ether oxygens (including phenoxy) is 1. The number of nitrogens with two attached hydrogens (primary N) is 1. The minimum absolute atomic E-state index is 0.0741. The maximum Gasteiger partial charge on any atom is 0.351 e. The number of hydrogen-bond acceptors (Lipinski definition) is 6. The molecule has 1 atom stereocenters. The number of phenolic OH excluding ortho intramolecular Hbond substituents is 1. The normalized spacial score (nSPS) is 13.3. The van der Waals surface area contributed by atoms with Crippen molar-refractivity contribution in [3.63, 3.8) is 0 Å². The Morgan fingerprint density at radius 1 is 1.32 bits per heavy atom. The van der Waals surface area contributed by atoms with Gasteiger partial charge in [0, 0.05) is 0 Å². The quantitative estimate of drug-likeness (QED) is 0.750. The Bertz CT molecular complexity index is 455. The number of benzene rings is 1. The van der Waals surface area contributed by atoms with Gasteiger partial charge < -0.3 is 24.6 Å². The van der Waals surface area contributed by atoms with Crippen LogP contribution in [0.15, 0.2) is 18.2 Å². The number of aromatic hydroxyl groups is 1. The lowest BCUT2D eigenvalue weighted by molar-refractivity contribution is 0.212. The Morgan fingerprint density at radius 2 is 1.89 bits per heavy atom. The van der Waals surface area contributed by atoms with Gasteiger partial charge in [0.15, 0.2) is 11.5 Å². The highest BCUT2D eigenvalue weighted by atomic mass is 31.2. The average Bonchev–Trinajstić information content (AvgIpc) is 2.38. The summed E-state index contributed by atoms with van der Waals surface area (Å²) in [6.45, 7) is 3.88. The zero-order chi connectivity index (χ0) is 14.5. The SMILES string of the molecule is CCOP(=O)(OCC)[C@H](N)c1ccc(OC)c(O)c1. The summed E-state index contributed by atoms with van der Waals surface area (Å²) >= 11 is 0. The Kier molecular flexibility index (Phi) is 5.82. The summed E-state index contributed by atoms with van der Waals surface area (Å²) in [7, 11) is -2.01. The fourth-order valence-corrected chi connectivity index (χ4v) is 3.27. The third-order valence-electron chi connectivity index (χ3n) is 2.50. The molecule has 0 spiro atoms. The van der Waals surface area contributed by atoms with Crippen molar-refractivity contribution in [2.45, 2.75) is 19.6 Å². The molecule has 1 rings (SSSR count). The minimum Gasteiger partial charge on any atom is -0.504 e. The van der Waals surface area contributed by atoms with E-state index in [0.717, 1.165) is 0 Å². The van der Waals surface area contributed by atoms with Gasteiger partial charge in [0.1, 0.15) is 5.78 Å². The van der Waals surface area contributed by atoms with Crippen LogP contribution in [0.2, 0.25) is 0 Å². The summed E-state index contributed by atoms with van der Waals surface area (Å²) in [5, 5.41) is 9.71. The van der Waals surface area contributed by atoms with Gasteiger partial charge in [0.25, 0.3) is 0 Å². The highest BCUT2D eigenvalue weighted by Crippen LogP contribution is 2.58. The predicted molar refractivity (Wildman–Crippen MR) is 72.4 cm³/mol. The molecule has 0 unspecified atom stereocenters. The second kappa shape index (κ2) is 6.91. The first-order valence-corrected chi connectivity index (χ1v) is 7.61. The maximum absolute atomic E-state index is 12.5. The van der Waals surface area contributed by atoms with Crippen molar-refractivity contribution in [1.29, 1.82) is 0 Å². The summed E-state index contributed by atoms with van der Waals surface area (Å²) < 4.78 is 27.8. The third kappa shape index (κ3) is 3.70. The number of rotatable bonds is 7. The lowest BCUT2D eigenvalue weighted by atomic mass is 10.2. The smallest absolute Gasteiger partial charge is 0.351 e. The van der Waals surface area contributed by atoms with Crippen LogP contribution in [0, 0.1) is 0 Å². The largest absolute Gasteiger partial charge is 0.504 e. The molecule has 0 bridgehead atoms. The van der Waals surface area contributed by atoms with E-state index in [-0.39, 0.29) is 19.0 Å². The molecular formula is C12H20NO5P. The van der Waals surface area contributed by atoms with Crippen molar-refractivity contribution in [3.05, 3.63) is 23.8 Å². The van der Waals surface area contributed by atoms with E-state index in [0.29, 0.717) is 11.3 Å². The second-order valence-electron chi connectivity index (χ2n) is 3.75. The van der Waals surface area contributed by atoms with Crippen molar-refractivity contribution >= 4 is 7.60 Å². The van der Waals surface area contributed by atoms with Gasteiger partial charge in [0.2, 0.25) is 0 Å². The summed E-state index contributed by atoms with van der Waals surface area (Å²) in [4.78, 5) is 0. The molecule has 0 saturated heterocycles. The molecule has 1 aromatic rings. The molecule has 0 heterocycles. The molecular weight excluding hydrogens is 269 g/mol. The van der Waals surface area contributed by atoms with Gasteiger partial charge in [-0.2, -0.15) is 0 Å². The van der Waals surface area contributed by atoms with Crippen LogP contribution in [0.5, 0.6) is 11.5 Å². The third-order valence-corrected chi connectivity index (χ3v) is 4.72.